The summed E-state index contributed by atoms with van der Waals surface area (Å²) >= 11 is 0. The molecule has 0 aliphatic carbocycles. The van der Waals surface area contributed by atoms with E-state index in [2.05, 4.69) is 11.8 Å². The van der Waals surface area contributed by atoms with Gasteiger partial charge in [-0.2, -0.15) is 0 Å². The van der Waals surface area contributed by atoms with E-state index in [0.717, 1.165) is 5.56 Å². The molecule has 0 saturated heterocycles. The van der Waals surface area contributed by atoms with Crippen molar-refractivity contribution in [3.05, 3.63) is 34.9 Å². The Kier molecular flexibility index (Phi) is 3.27. The largest absolute Gasteiger partial charge is 0.384 e. The average Bonchev–Trinajstić information content (AvgIpc) is 2.15. The van der Waals surface area contributed by atoms with Crippen LogP contribution in [-0.4, -0.2) is 17.6 Å². The Labute approximate surface area is 82.6 Å². The molecule has 0 unspecified atom stereocenters. The summed E-state index contributed by atoms with van der Waals surface area (Å²) < 4.78 is 0. The van der Waals surface area contributed by atoms with Crippen LogP contribution in [0.2, 0.25) is 0 Å². The minimum absolute atomic E-state index is 0.230. The van der Waals surface area contributed by atoms with Crippen molar-refractivity contribution in [2.24, 2.45) is 5.73 Å². The van der Waals surface area contributed by atoms with Crippen molar-refractivity contribution in [2.45, 2.75) is 6.92 Å². The second-order valence-corrected chi connectivity index (χ2v) is 2.87. The zero-order valence-electron chi connectivity index (χ0n) is 7.87. The average molecular weight is 189 g/mol. The number of amides is 1. The van der Waals surface area contributed by atoms with E-state index < -0.39 is 5.91 Å². The molecule has 14 heavy (non-hydrogen) atoms. The van der Waals surface area contributed by atoms with Crippen LogP contribution in [0, 0.1) is 18.8 Å². The Balaban J connectivity index is 3.22. The predicted molar refractivity (Wildman–Crippen MR) is 53.7 cm³/mol. The fraction of sp³-hybridized carbons (Fsp3) is 0.182. The lowest BCUT2D eigenvalue weighted by molar-refractivity contribution is 0.1000. The molecule has 3 N–H and O–H groups in total. The Morgan fingerprint density at radius 1 is 1.57 bits per heavy atom. The molecule has 0 bridgehead atoms. The number of aryl methyl sites for hydroxylation is 1. The molecule has 0 spiro atoms. The van der Waals surface area contributed by atoms with E-state index in [9.17, 15) is 4.79 Å². The number of aliphatic hydroxyl groups is 1. The monoisotopic (exact) mass is 189 g/mol. The van der Waals surface area contributed by atoms with E-state index in [1.807, 2.05) is 13.0 Å². The van der Waals surface area contributed by atoms with Crippen LogP contribution in [0.3, 0.4) is 0 Å². The third kappa shape index (κ3) is 2.35. The maximum Gasteiger partial charge on any atom is 0.249 e. The molecule has 0 radical (unpaired) electrons. The SMILES string of the molecule is Cc1ccc(C#CCO)c(C(N)=O)c1. The Morgan fingerprint density at radius 2 is 2.29 bits per heavy atom. The highest BCUT2D eigenvalue weighted by molar-refractivity contribution is 5.95. The molecule has 1 rings (SSSR count). The minimum atomic E-state index is -0.504. The van der Waals surface area contributed by atoms with E-state index in [4.69, 9.17) is 10.8 Å². The minimum Gasteiger partial charge on any atom is -0.384 e. The summed E-state index contributed by atoms with van der Waals surface area (Å²) in [4.78, 5) is 11.0. The summed E-state index contributed by atoms with van der Waals surface area (Å²) in [6.07, 6.45) is 0. The predicted octanol–water partition coefficient (Wildman–Crippen LogP) is 0.438. The molecule has 0 fully saturated rings. The van der Waals surface area contributed by atoms with Gasteiger partial charge >= 0.3 is 0 Å². The summed E-state index contributed by atoms with van der Waals surface area (Å²) in [5, 5.41) is 8.52. The number of hydrogen-bond acceptors (Lipinski definition) is 2. The van der Waals surface area contributed by atoms with Crippen LogP contribution in [0.15, 0.2) is 18.2 Å². The fourth-order valence-corrected chi connectivity index (χ4v) is 1.11. The van der Waals surface area contributed by atoms with Gasteiger partial charge in [-0.05, 0) is 19.1 Å². The van der Waals surface area contributed by atoms with E-state index in [1.54, 1.807) is 12.1 Å². The van der Waals surface area contributed by atoms with Crippen molar-refractivity contribution < 1.29 is 9.90 Å². The van der Waals surface area contributed by atoms with Crippen molar-refractivity contribution in [2.75, 3.05) is 6.61 Å². The van der Waals surface area contributed by atoms with Crippen molar-refractivity contribution >= 4 is 5.91 Å². The van der Waals surface area contributed by atoms with Gasteiger partial charge < -0.3 is 10.8 Å². The third-order valence-electron chi connectivity index (χ3n) is 1.74. The first kappa shape index (κ1) is 10.3. The van der Waals surface area contributed by atoms with Gasteiger partial charge in [0.1, 0.15) is 6.61 Å². The second kappa shape index (κ2) is 4.45. The van der Waals surface area contributed by atoms with Crippen LogP contribution < -0.4 is 5.73 Å². The quantitative estimate of drug-likeness (QED) is 0.629. The number of carbonyl (C=O) groups is 1. The first-order valence-electron chi connectivity index (χ1n) is 4.15. The van der Waals surface area contributed by atoms with Crippen molar-refractivity contribution in [3.63, 3.8) is 0 Å². The van der Waals surface area contributed by atoms with Gasteiger partial charge in [0.25, 0.3) is 0 Å². The zero-order chi connectivity index (χ0) is 10.6. The van der Waals surface area contributed by atoms with Gasteiger partial charge in [0.15, 0.2) is 0 Å². The highest BCUT2D eigenvalue weighted by Gasteiger charge is 2.05. The molecule has 3 nitrogen and oxygen atoms in total. The number of carbonyl (C=O) groups excluding carboxylic acids is 1. The Morgan fingerprint density at radius 3 is 2.86 bits per heavy atom. The zero-order valence-corrected chi connectivity index (χ0v) is 7.87. The highest BCUT2D eigenvalue weighted by Crippen LogP contribution is 2.09. The van der Waals surface area contributed by atoms with E-state index in [1.165, 1.54) is 0 Å². The standard InChI is InChI=1S/C11H11NO2/c1-8-4-5-9(3-2-6-13)10(7-8)11(12)14/h4-5,7,13H,6H2,1H3,(H2,12,14). The summed E-state index contributed by atoms with van der Waals surface area (Å²) in [6.45, 7) is 1.64. The van der Waals surface area contributed by atoms with Crippen LogP contribution in [0.4, 0.5) is 0 Å². The molecule has 72 valence electrons. The van der Waals surface area contributed by atoms with Crippen LogP contribution in [0.1, 0.15) is 21.5 Å². The highest BCUT2D eigenvalue weighted by atomic mass is 16.2. The van der Waals surface area contributed by atoms with Crippen molar-refractivity contribution in [3.8, 4) is 11.8 Å². The number of aliphatic hydroxyl groups excluding tert-OH is 1. The van der Waals surface area contributed by atoms with Gasteiger partial charge in [-0.3, -0.25) is 4.79 Å². The molecule has 1 aromatic carbocycles. The lowest BCUT2D eigenvalue weighted by Gasteiger charge is -2.00. The van der Waals surface area contributed by atoms with Crippen molar-refractivity contribution in [1.29, 1.82) is 0 Å². The molecule has 1 aromatic rings. The van der Waals surface area contributed by atoms with Crippen LogP contribution in [-0.2, 0) is 0 Å². The summed E-state index contributed by atoms with van der Waals surface area (Å²) in [5.74, 6) is 4.64. The molecule has 0 aromatic heterocycles. The number of nitrogens with two attached hydrogens (primary N) is 1. The fourth-order valence-electron chi connectivity index (χ4n) is 1.11. The Hall–Kier alpha value is -1.79. The van der Waals surface area contributed by atoms with Gasteiger partial charge in [0.05, 0.1) is 5.56 Å². The van der Waals surface area contributed by atoms with Gasteiger partial charge in [-0.15, -0.1) is 0 Å². The first-order valence-corrected chi connectivity index (χ1v) is 4.15. The van der Waals surface area contributed by atoms with E-state index in [-0.39, 0.29) is 6.61 Å². The maximum atomic E-state index is 11.0. The molecule has 3 heteroatoms. The van der Waals surface area contributed by atoms with Crippen LogP contribution in [0.5, 0.6) is 0 Å². The van der Waals surface area contributed by atoms with Gasteiger partial charge in [-0.1, -0.05) is 23.5 Å². The van der Waals surface area contributed by atoms with E-state index >= 15 is 0 Å². The molecule has 0 saturated carbocycles. The summed E-state index contributed by atoms with van der Waals surface area (Å²) in [6, 6.07) is 5.25. The van der Waals surface area contributed by atoms with Crippen molar-refractivity contribution in [1.82, 2.24) is 0 Å². The normalized spacial score (nSPS) is 9.00. The number of rotatable bonds is 1. The van der Waals surface area contributed by atoms with Crippen LogP contribution in [0.25, 0.3) is 0 Å². The van der Waals surface area contributed by atoms with Gasteiger partial charge in [0.2, 0.25) is 5.91 Å². The molecule has 0 heterocycles. The summed E-state index contributed by atoms with van der Waals surface area (Å²) in [5.41, 5.74) is 7.09. The topological polar surface area (TPSA) is 63.3 Å². The molecular formula is C11H11NO2. The van der Waals surface area contributed by atoms with E-state index in [0.29, 0.717) is 11.1 Å². The molecular weight excluding hydrogens is 178 g/mol. The second-order valence-electron chi connectivity index (χ2n) is 2.87. The van der Waals surface area contributed by atoms with Gasteiger partial charge in [-0.25, -0.2) is 0 Å². The number of primary amides is 1. The number of benzene rings is 1. The lowest BCUT2D eigenvalue weighted by Crippen LogP contribution is -2.13. The molecule has 1 amide bonds. The third-order valence-corrected chi connectivity index (χ3v) is 1.74. The molecule has 0 aliphatic rings. The smallest absolute Gasteiger partial charge is 0.249 e. The summed E-state index contributed by atoms with van der Waals surface area (Å²) in [7, 11) is 0. The molecule has 0 aliphatic heterocycles. The lowest BCUT2D eigenvalue weighted by atomic mass is 10.0. The number of hydrogen-bond donors (Lipinski definition) is 2. The molecule has 0 atom stereocenters. The first-order chi connectivity index (χ1) is 6.65. The maximum absolute atomic E-state index is 11.0. The van der Waals surface area contributed by atoms with Gasteiger partial charge in [0, 0.05) is 5.56 Å². The Bertz CT molecular complexity index is 413. The van der Waals surface area contributed by atoms with Crippen LogP contribution >= 0.6 is 0 Å².